The number of piperidine rings is 5. The van der Waals surface area contributed by atoms with Crippen LogP contribution in [-0.2, 0) is 31.0 Å². The fourth-order valence-electron chi connectivity index (χ4n) is 16.6. The van der Waals surface area contributed by atoms with Crippen molar-refractivity contribution in [3.63, 3.8) is 0 Å². The Morgan fingerprint density at radius 2 is 0.745 bits per heavy atom. The first-order chi connectivity index (χ1) is 68.0. The van der Waals surface area contributed by atoms with E-state index in [0.29, 0.717) is 168 Å². The van der Waals surface area contributed by atoms with Gasteiger partial charge in [0.2, 0.25) is 20.0 Å². The summed E-state index contributed by atoms with van der Waals surface area (Å²) in [5.74, 6) is 2.40. The summed E-state index contributed by atoms with van der Waals surface area (Å²) >= 11 is 0. The highest BCUT2D eigenvalue weighted by atomic mass is 32.2. The summed E-state index contributed by atoms with van der Waals surface area (Å²) in [4.78, 5) is 157. The summed E-state index contributed by atoms with van der Waals surface area (Å²) < 4.78 is 102. The second-order valence-electron chi connectivity index (χ2n) is 32.7. The lowest BCUT2D eigenvalue weighted by Gasteiger charge is -2.34. The quantitative estimate of drug-likeness (QED) is 0.0664. The Labute approximate surface area is 798 Å². The maximum absolute atomic E-state index is 13.1. The van der Waals surface area contributed by atoms with Crippen molar-refractivity contribution in [2.24, 2.45) is 34.8 Å². The van der Waals surface area contributed by atoms with Gasteiger partial charge in [0.05, 0.1) is 97.0 Å². The average molecular weight is 1960 g/mol. The molecule has 0 aliphatic carbocycles. The van der Waals surface area contributed by atoms with Gasteiger partial charge < -0.3 is 52.0 Å². The van der Waals surface area contributed by atoms with Crippen LogP contribution < -0.4 is 56.9 Å². The number of carbonyl (C=O) groups excluding carboxylic acids is 5. The van der Waals surface area contributed by atoms with Crippen LogP contribution in [0.25, 0.3) is 85.8 Å². The van der Waals surface area contributed by atoms with E-state index in [-0.39, 0.29) is 40.5 Å². The molecule has 10 N–H and O–H groups in total. The minimum Gasteiger partial charge on any atom is -0.364 e. The fraction of sp³-hybridized carbons (Fsp3) is 0.310. The molecule has 5 aliphatic heterocycles. The first-order valence-corrected chi connectivity index (χ1v) is 47.1. The van der Waals surface area contributed by atoms with Crippen LogP contribution in [0.1, 0.15) is 111 Å². The van der Waals surface area contributed by atoms with Crippen LogP contribution in [0, 0.1) is 34.5 Å². The van der Waals surface area contributed by atoms with Crippen LogP contribution in [0.15, 0.2) is 173 Å². The number of amides is 4. The van der Waals surface area contributed by atoms with Gasteiger partial charge >= 0.3 is 6.18 Å². The molecule has 141 heavy (non-hydrogen) atoms. The van der Waals surface area contributed by atoms with Crippen LogP contribution in [0.2, 0.25) is 0 Å². The first-order valence-electron chi connectivity index (χ1n) is 44.0. The molecule has 49 nitrogen and oxygen atoms in total. The predicted molar refractivity (Wildman–Crippen MR) is 500 cm³/mol. The molecule has 21 rings (SSSR count). The van der Waals surface area contributed by atoms with Gasteiger partial charge in [0.1, 0.15) is 86.3 Å². The van der Waals surface area contributed by atoms with Gasteiger partial charge in [-0.3, -0.25) is 46.0 Å². The van der Waals surface area contributed by atoms with E-state index >= 15 is 0 Å². The predicted octanol–water partition coefficient (Wildman–Crippen LogP) is 4.08. The molecule has 0 saturated carbocycles. The number of rotatable bonds is 19. The summed E-state index contributed by atoms with van der Waals surface area (Å²) in [5.41, 5.74) is 25.9. The van der Waals surface area contributed by atoms with E-state index in [1.54, 1.807) is 97.8 Å². The molecule has 3 unspecified atom stereocenters. The molecule has 4 amide bonds. The molecular weight excluding hydrogens is 1870 g/mol. The van der Waals surface area contributed by atoms with Gasteiger partial charge in [-0.2, -0.15) is 23.7 Å². The first kappa shape index (κ1) is 95.6. The largest absolute Gasteiger partial charge is 0.434 e. The maximum Gasteiger partial charge on any atom is 0.434 e. The van der Waals surface area contributed by atoms with E-state index in [4.69, 9.17) is 33.5 Å². The number of ketones is 1. The van der Waals surface area contributed by atoms with E-state index in [1.807, 2.05) is 45.4 Å². The number of fused-ring (bicyclic) bond motifs is 5. The fourth-order valence-corrected chi connectivity index (χ4v) is 18.9. The third-order valence-corrected chi connectivity index (χ3v) is 27.9. The molecule has 5 saturated heterocycles. The third-order valence-electron chi connectivity index (χ3n) is 24.1. The standard InChI is InChI=1S/C19H17F3N8.2C17H20N8O3S.C17H14N8O2.C17H16N8O/c20-19(21,22)15-11-30-14(8-26-17(30)9-25-15)18-24-4-3-16(27-18)28-6-1-2-13(10-28)29-7-5-23-12-29;1-19-29(27,28)11-3-6-24(7-4-11)14-2-5-20-17(23-14)13-8-22-15-9-21-12(16(18)26)10-25(13)15;1-19-29(27,28)11-3-2-6-24(9-11)14-4-5-20-17(23-14)13-7-22-15-8-21-12(16(18)26)10-25(13)15;18-5-10-8-24(4-2-13(10)26)14-1-3-20-17(23-14)12-6-22-15-7-21-11(16(19)27)9-25(12)15;18-7-11-2-5-24(6-3-11)14-1-4-20-17(23-14)13-8-22-15-9-21-12(16(19)26)10-25(13)15/h3-5,7-9,11-13H,1-2,6,10H2;2,5,8-11,19H,3-4,6-7H2,1H3,(H2,18,26);4-5,7-8,10-11,19H,2-3,6,9H2,1H3,(H2,18,26);1,3,6-7,9-10H,2,4,8H2,(H2,19,27);1,4,8-11H,2-3,5-6H2,(H2,19,26). The van der Waals surface area contributed by atoms with Crippen LogP contribution in [0.5, 0.6) is 0 Å². The Bertz CT molecular complexity index is 7720. The van der Waals surface area contributed by atoms with E-state index in [0.717, 1.165) is 82.3 Å². The molecule has 722 valence electrons. The number of aromatic nitrogens is 27. The van der Waals surface area contributed by atoms with Gasteiger partial charge in [-0.15, -0.1) is 0 Å². The minimum atomic E-state index is -4.55. The van der Waals surface area contributed by atoms with Gasteiger partial charge in [-0.25, -0.2) is 131 Å². The van der Waals surface area contributed by atoms with Crippen molar-refractivity contribution in [1.29, 1.82) is 10.5 Å². The normalized spacial score (nSPS) is 16.6. The monoisotopic (exact) mass is 1960 g/mol. The van der Waals surface area contributed by atoms with E-state index < -0.39 is 72.0 Å². The Morgan fingerprint density at radius 3 is 1.10 bits per heavy atom. The number of sulfonamides is 2. The Hall–Kier alpha value is -17.2. The van der Waals surface area contributed by atoms with Gasteiger partial charge in [0.15, 0.2) is 68.8 Å². The Balaban J connectivity index is 0.000000122. The number of nitrogens with zero attached hydrogens (tertiary/aromatic N) is 34. The summed E-state index contributed by atoms with van der Waals surface area (Å²) in [7, 11) is -3.76. The molecule has 16 aromatic rings. The summed E-state index contributed by atoms with van der Waals surface area (Å²) in [6.07, 6.45) is 37.3. The molecule has 0 aromatic carbocycles. The van der Waals surface area contributed by atoms with Crippen molar-refractivity contribution in [2.45, 2.75) is 80.5 Å². The number of nitriles is 2. The van der Waals surface area contributed by atoms with Crippen LogP contribution in [-0.4, -0.2) is 268 Å². The highest BCUT2D eigenvalue weighted by molar-refractivity contribution is 7.90. The van der Waals surface area contributed by atoms with E-state index in [1.165, 1.54) is 74.3 Å². The molecule has 0 radical (unpaired) electrons. The lowest BCUT2D eigenvalue weighted by atomic mass is 9.98. The third kappa shape index (κ3) is 21.2. The zero-order chi connectivity index (χ0) is 99.0. The molecular formula is C87H87F3N40O9S2. The SMILES string of the molecule is CNS(=O)(=O)C1CCCN(c2ccnc(-c3cnc4cnc(C(N)=O)cn34)n2)C1.CNS(=O)(=O)C1CCN(c2ccnc(-c3cnc4cnc(C(N)=O)cn34)n2)CC1.FC(F)(F)c1cn2c(-c3nccc(N4CCCC(n5ccnc5)C4)n3)cnc2cn1.N#CC1CCN(c2ccnc(-c3cnc4cnc(C(N)=O)cn34)n2)CC1.N#CC1CN(c2ccnc(-c3cnc4cnc(C(N)=O)cn34)n2)CCC1=O. The van der Waals surface area contributed by atoms with Gasteiger partial charge in [0, 0.05) is 152 Å². The Morgan fingerprint density at radius 1 is 0.397 bits per heavy atom. The number of Topliss-reactive ketones (excluding diaryl/α,β-unsaturated/α-hetero) is 1. The maximum atomic E-state index is 13.1. The number of primary amides is 4. The van der Waals surface area contributed by atoms with Crippen molar-refractivity contribution in [3.8, 4) is 69.7 Å². The van der Waals surface area contributed by atoms with E-state index in [9.17, 15) is 54.0 Å². The smallest absolute Gasteiger partial charge is 0.364 e. The second kappa shape index (κ2) is 41.0. The number of nitrogens with two attached hydrogens (primary N) is 4. The van der Waals surface area contributed by atoms with Crippen molar-refractivity contribution in [3.05, 3.63) is 201 Å². The number of alkyl halides is 3. The van der Waals surface area contributed by atoms with E-state index in [2.05, 4.69) is 135 Å². The highest BCUT2D eigenvalue weighted by Crippen LogP contribution is 2.34. The highest BCUT2D eigenvalue weighted by Gasteiger charge is 2.36. The lowest BCUT2D eigenvalue weighted by Crippen LogP contribution is -2.45. The van der Waals surface area contributed by atoms with Gasteiger partial charge in [-0.05, 0) is 95.8 Å². The summed E-state index contributed by atoms with van der Waals surface area (Å²) in [5, 5.41) is 17.3. The zero-order valence-electron chi connectivity index (χ0n) is 75.1. The summed E-state index contributed by atoms with van der Waals surface area (Å²) in [6, 6.07) is 13.6. The van der Waals surface area contributed by atoms with Crippen LogP contribution in [0.3, 0.4) is 0 Å². The number of anilines is 5. The second-order valence-corrected chi connectivity index (χ2v) is 37.1. The molecule has 5 aliphatic rings. The Kier molecular flexibility index (Phi) is 27.8. The number of imidazole rings is 6. The molecule has 3 atom stereocenters. The number of carbonyl (C=O) groups is 5. The van der Waals surface area contributed by atoms with Crippen molar-refractivity contribution >= 4 is 107 Å². The zero-order valence-corrected chi connectivity index (χ0v) is 76.8. The molecule has 16 aromatic heterocycles. The molecule has 0 bridgehead atoms. The van der Waals surface area contributed by atoms with Crippen molar-refractivity contribution in [2.75, 3.05) is 104 Å². The number of hydrogen-bond donors (Lipinski definition) is 6. The average Bonchev–Trinajstić information content (AvgIpc) is 1.67. The minimum absolute atomic E-state index is 0.0451. The van der Waals surface area contributed by atoms with Crippen molar-refractivity contribution in [1.82, 2.24) is 141 Å². The molecule has 5 fully saturated rings. The molecule has 54 heteroatoms. The number of hydrogen-bond acceptors (Lipinski definition) is 37. The topological polar surface area (TPSA) is 643 Å². The lowest BCUT2D eigenvalue weighted by molar-refractivity contribution is -0.141. The van der Waals surface area contributed by atoms with Crippen LogP contribution in [0.4, 0.5) is 42.3 Å². The van der Waals surface area contributed by atoms with Crippen molar-refractivity contribution < 1.29 is 54.0 Å². The number of nitrogens with one attached hydrogen (secondary N) is 2. The van der Waals surface area contributed by atoms with Gasteiger partial charge in [-0.1, -0.05) is 0 Å². The molecule has 0 spiro atoms. The van der Waals surface area contributed by atoms with Gasteiger partial charge in [0.25, 0.3) is 23.6 Å². The summed E-state index contributed by atoms with van der Waals surface area (Å²) in [6.45, 7) is 6.19. The van der Waals surface area contributed by atoms with Crippen LogP contribution >= 0.6 is 0 Å². The molecule has 21 heterocycles. The number of halogens is 3.